The summed E-state index contributed by atoms with van der Waals surface area (Å²) in [5.74, 6) is -0.238. The molecule has 18 heavy (non-hydrogen) atoms. The average Bonchev–Trinajstić information content (AvgIpc) is 2.96. The van der Waals surface area contributed by atoms with Crippen LogP contribution in [-0.2, 0) is 22.5 Å². The molecule has 0 radical (unpaired) electrons. The molecule has 0 N–H and O–H groups in total. The van der Waals surface area contributed by atoms with Gasteiger partial charge in [-0.25, -0.2) is 4.98 Å². The molecule has 0 aliphatic carbocycles. The van der Waals surface area contributed by atoms with E-state index in [1.54, 1.807) is 13.1 Å². The van der Waals surface area contributed by atoms with Gasteiger partial charge in [0.15, 0.2) is 0 Å². The van der Waals surface area contributed by atoms with Gasteiger partial charge in [0.2, 0.25) is 0 Å². The monoisotopic (exact) mass is 265 g/mol. The van der Waals surface area contributed by atoms with Crippen molar-refractivity contribution in [3.63, 3.8) is 0 Å². The molecule has 5 nitrogen and oxygen atoms in total. The van der Waals surface area contributed by atoms with Crippen LogP contribution in [0.25, 0.3) is 10.7 Å². The van der Waals surface area contributed by atoms with Gasteiger partial charge < -0.3 is 4.74 Å². The van der Waals surface area contributed by atoms with Crippen molar-refractivity contribution in [1.82, 2.24) is 14.8 Å². The van der Waals surface area contributed by atoms with E-state index in [1.165, 1.54) is 11.3 Å². The highest BCUT2D eigenvalue weighted by atomic mass is 32.1. The van der Waals surface area contributed by atoms with Crippen molar-refractivity contribution in [3.8, 4) is 10.7 Å². The van der Waals surface area contributed by atoms with Crippen molar-refractivity contribution in [2.75, 3.05) is 6.61 Å². The topological polar surface area (TPSA) is 57.0 Å². The first-order chi connectivity index (χ1) is 8.74. The summed E-state index contributed by atoms with van der Waals surface area (Å²) in [5.41, 5.74) is 1.73. The second kappa shape index (κ2) is 5.77. The summed E-state index contributed by atoms with van der Waals surface area (Å²) in [6, 6.07) is 1.93. The lowest BCUT2D eigenvalue weighted by atomic mass is 10.3. The number of hydrogen-bond acceptors (Lipinski definition) is 5. The van der Waals surface area contributed by atoms with Crippen LogP contribution in [0, 0.1) is 0 Å². The number of nitrogens with zero attached hydrogens (tertiary/aromatic N) is 3. The van der Waals surface area contributed by atoms with Crippen LogP contribution in [0.3, 0.4) is 0 Å². The molecule has 0 bridgehead atoms. The molecule has 2 heterocycles. The molecule has 0 aliphatic heterocycles. The van der Waals surface area contributed by atoms with E-state index < -0.39 is 0 Å². The summed E-state index contributed by atoms with van der Waals surface area (Å²) < 4.78 is 6.78. The summed E-state index contributed by atoms with van der Waals surface area (Å²) in [5, 5.41) is 6.97. The second-order valence-electron chi connectivity index (χ2n) is 3.66. The summed E-state index contributed by atoms with van der Waals surface area (Å²) >= 11 is 1.52. The number of aromatic nitrogens is 3. The molecule has 0 aromatic carbocycles. The highest BCUT2D eigenvalue weighted by Gasteiger charge is 2.12. The van der Waals surface area contributed by atoms with Crippen molar-refractivity contribution in [2.24, 2.45) is 0 Å². The van der Waals surface area contributed by atoms with Crippen LogP contribution in [0.1, 0.15) is 19.5 Å². The molecule has 0 spiro atoms. The minimum atomic E-state index is -0.238. The van der Waals surface area contributed by atoms with Crippen molar-refractivity contribution in [2.45, 2.75) is 26.8 Å². The van der Waals surface area contributed by atoms with Gasteiger partial charge in [-0.15, -0.1) is 11.3 Å². The predicted molar refractivity (Wildman–Crippen MR) is 69.3 cm³/mol. The Balaban J connectivity index is 2.13. The molecular weight excluding hydrogens is 250 g/mol. The Kier molecular flexibility index (Phi) is 4.09. The molecule has 0 aliphatic rings. The molecule has 2 aromatic rings. The van der Waals surface area contributed by atoms with Crippen molar-refractivity contribution < 1.29 is 9.53 Å². The first-order valence-corrected chi connectivity index (χ1v) is 6.74. The third kappa shape index (κ3) is 2.76. The summed E-state index contributed by atoms with van der Waals surface area (Å²) in [7, 11) is 0. The molecule has 2 rings (SSSR count). The zero-order chi connectivity index (χ0) is 13.0. The lowest BCUT2D eigenvalue weighted by Crippen LogP contribution is -2.07. The van der Waals surface area contributed by atoms with Gasteiger partial charge in [0.05, 0.1) is 24.4 Å². The normalized spacial score (nSPS) is 10.6. The van der Waals surface area contributed by atoms with Crippen LogP contribution >= 0.6 is 11.3 Å². The summed E-state index contributed by atoms with van der Waals surface area (Å²) in [4.78, 5) is 15.8. The Morgan fingerprint density at radius 3 is 3.06 bits per heavy atom. The van der Waals surface area contributed by atoms with Gasteiger partial charge in [-0.1, -0.05) is 0 Å². The number of carbonyl (C=O) groups excluding carboxylic acids is 1. The maximum absolute atomic E-state index is 11.4. The van der Waals surface area contributed by atoms with E-state index in [0.29, 0.717) is 6.61 Å². The molecule has 96 valence electrons. The molecule has 2 aromatic heterocycles. The number of esters is 1. The predicted octanol–water partition coefficient (Wildman–Crippen LogP) is 2.13. The number of ether oxygens (including phenoxy) is 1. The van der Waals surface area contributed by atoms with E-state index in [9.17, 15) is 4.79 Å². The minimum absolute atomic E-state index is 0.227. The van der Waals surface area contributed by atoms with E-state index in [1.807, 2.05) is 23.1 Å². The summed E-state index contributed by atoms with van der Waals surface area (Å²) in [6.07, 6.45) is 1.98. The number of thiazole rings is 1. The van der Waals surface area contributed by atoms with Crippen LogP contribution in [0.5, 0.6) is 0 Å². The Hall–Kier alpha value is -1.69. The van der Waals surface area contributed by atoms with Gasteiger partial charge >= 0.3 is 5.97 Å². The fourth-order valence-corrected chi connectivity index (χ4v) is 2.48. The van der Waals surface area contributed by atoms with Crippen LogP contribution < -0.4 is 0 Å². The van der Waals surface area contributed by atoms with Crippen molar-refractivity contribution >= 4 is 17.3 Å². The first-order valence-electron chi connectivity index (χ1n) is 5.86. The van der Waals surface area contributed by atoms with Gasteiger partial charge in [-0.05, 0) is 19.9 Å². The average molecular weight is 265 g/mol. The highest BCUT2D eigenvalue weighted by molar-refractivity contribution is 7.13. The molecule has 0 fully saturated rings. The van der Waals surface area contributed by atoms with Gasteiger partial charge in [0.1, 0.15) is 5.01 Å². The minimum Gasteiger partial charge on any atom is -0.466 e. The Bertz CT molecular complexity index is 533. The number of hydrogen-bond donors (Lipinski definition) is 0. The number of carbonyl (C=O) groups is 1. The SMILES string of the molecule is CCOC(=O)Cc1csc(-c2ccnn2CC)n1. The van der Waals surface area contributed by atoms with E-state index in [0.717, 1.165) is 22.9 Å². The molecule has 0 saturated carbocycles. The molecule has 0 saturated heterocycles. The standard InChI is InChI=1S/C12H15N3O2S/c1-3-15-10(5-6-13-15)12-14-9(8-18-12)7-11(16)17-4-2/h5-6,8H,3-4,7H2,1-2H3. The third-order valence-electron chi connectivity index (χ3n) is 2.42. The van der Waals surface area contributed by atoms with Crippen LogP contribution in [-0.4, -0.2) is 27.3 Å². The van der Waals surface area contributed by atoms with E-state index in [4.69, 9.17) is 4.74 Å². The highest BCUT2D eigenvalue weighted by Crippen LogP contribution is 2.23. The lowest BCUT2D eigenvalue weighted by Gasteiger charge is -2.00. The van der Waals surface area contributed by atoms with E-state index >= 15 is 0 Å². The Morgan fingerprint density at radius 1 is 1.50 bits per heavy atom. The van der Waals surface area contributed by atoms with Crippen LogP contribution in [0.15, 0.2) is 17.6 Å². The molecule has 0 atom stereocenters. The van der Waals surface area contributed by atoms with Crippen molar-refractivity contribution in [3.05, 3.63) is 23.3 Å². The van der Waals surface area contributed by atoms with Crippen LogP contribution in [0.4, 0.5) is 0 Å². The molecule has 6 heteroatoms. The van der Waals surface area contributed by atoms with E-state index in [-0.39, 0.29) is 12.4 Å². The van der Waals surface area contributed by atoms with Crippen LogP contribution in [0.2, 0.25) is 0 Å². The van der Waals surface area contributed by atoms with E-state index in [2.05, 4.69) is 10.1 Å². The summed E-state index contributed by atoms with van der Waals surface area (Å²) in [6.45, 7) is 5.03. The Labute approximate surface area is 109 Å². The second-order valence-corrected chi connectivity index (χ2v) is 4.52. The smallest absolute Gasteiger partial charge is 0.311 e. The fraction of sp³-hybridized carbons (Fsp3) is 0.417. The number of aryl methyl sites for hydroxylation is 1. The molecule has 0 amide bonds. The Morgan fingerprint density at radius 2 is 2.33 bits per heavy atom. The first kappa shape index (κ1) is 12.8. The van der Waals surface area contributed by atoms with Gasteiger partial charge in [0, 0.05) is 18.1 Å². The number of rotatable bonds is 5. The van der Waals surface area contributed by atoms with Crippen molar-refractivity contribution in [1.29, 1.82) is 0 Å². The molecule has 0 unspecified atom stereocenters. The fourth-order valence-electron chi connectivity index (χ4n) is 1.63. The lowest BCUT2D eigenvalue weighted by molar-refractivity contribution is -0.142. The zero-order valence-electron chi connectivity index (χ0n) is 10.4. The molecular formula is C12H15N3O2S. The van der Waals surface area contributed by atoms with Gasteiger partial charge in [0.25, 0.3) is 0 Å². The van der Waals surface area contributed by atoms with Gasteiger partial charge in [-0.2, -0.15) is 5.10 Å². The maximum atomic E-state index is 11.4. The maximum Gasteiger partial charge on any atom is 0.311 e. The van der Waals surface area contributed by atoms with Gasteiger partial charge in [-0.3, -0.25) is 9.48 Å². The quantitative estimate of drug-likeness (QED) is 0.777. The third-order valence-corrected chi connectivity index (χ3v) is 3.33. The largest absolute Gasteiger partial charge is 0.466 e. The zero-order valence-corrected chi connectivity index (χ0v) is 11.2.